The molecule has 1 amide bonds. The minimum atomic E-state index is -0.497. The Kier molecular flexibility index (Phi) is 4.57. The minimum absolute atomic E-state index is 0.0362. The molecule has 0 heterocycles. The van der Waals surface area contributed by atoms with Crippen molar-refractivity contribution in [2.45, 2.75) is 45.3 Å². The lowest BCUT2D eigenvalue weighted by molar-refractivity contribution is -0.384. The second kappa shape index (κ2) is 6.22. The van der Waals surface area contributed by atoms with E-state index in [0.717, 1.165) is 18.4 Å². The van der Waals surface area contributed by atoms with Gasteiger partial charge in [0.05, 0.1) is 11.0 Å². The number of nitrogens with two attached hydrogens (primary N) is 1. The number of non-ortho nitro benzene ring substituents is 1. The Morgan fingerprint density at radius 3 is 2.38 bits per heavy atom. The summed E-state index contributed by atoms with van der Waals surface area (Å²) < 4.78 is 0. The molecule has 6 heteroatoms. The minimum Gasteiger partial charge on any atom is -0.334 e. The van der Waals surface area contributed by atoms with Crippen LogP contribution in [-0.4, -0.2) is 27.8 Å². The Morgan fingerprint density at radius 2 is 1.95 bits per heavy atom. The van der Waals surface area contributed by atoms with Gasteiger partial charge in [0, 0.05) is 24.7 Å². The predicted molar refractivity (Wildman–Crippen MR) is 79.5 cm³/mol. The van der Waals surface area contributed by atoms with Crippen LogP contribution in [0.2, 0.25) is 0 Å². The fourth-order valence-corrected chi connectivity index (χ4v) is 2.17. The molecule has 1 aliphatic carbocycles. The fourth-order valence-electron chi connectivity index (χ4n) is 2.17. The van der Waals surface area contributed by atoms with Crippen LogP contribution in [0.25, 0.3) is 0 Å². The van der Waals surface area contributed by atoms with Gasteiger partial charge in [0.15, 0.2) is 0 Å². The van der Waals surface area contributed by atoms with Crippen LogP contribution in [0, 0.1) is 16.0 Å². The van der Waals surface area contributed by atoms with Crippen LogP contribution in [-0.2, 0) is 11.3 Å². The molecule has 0 unspecified atom stereocenters. The van der Waals surface area contributed by atoms with Crippen LogP contribution in [0.15, 0.2) is 24.3 Å². The molecule has 0 saturated heterocycles. The van der Waals surface area contributed by atoms with Crippen LogP contribution in [0.1, 0.15) is 32.3 Å². The highest BCUT2D eigenvalue weighted by Crippen LogP contribution is 2.29. The maximum absolute atomic E-state index is 12.4. The van der Waals surface area contributed by atoms with Gasteiger partial charge in [-0.15, -0.1) is 0 Å². The smallest absolute Gasteiger partial charge is 0.269 e. The van der Waals surface area contributed by atoms with Crippen molar-refractivity contribution in [2.75, 3.05) is 0 Å². The predicted octanol–water partition coefficient (Wildman–Crippen LogP) is 2.07. The van der Waals surface area contributed by atoms with E-state index < -0.39 is 11.0 Å². The van der Waals surface area contributed by atoms with Crippen LogP contribution in [0.4, 0.5) is 5.69 Å². The number of hydrogen-bond acceptors (Lipinski definition) is 4. The number of nitro groups is 1. The molecule has 0 bridgehead atoms. The van der Waals surface area contributed by atoms with Crippen LogP contribution >= 0.6 is 0 Å². The van der Waals surface area contributed by atoms with E-state index >= 15 is 0 Å². The van der Waals surface area contributed by atoms with E-state index in [1.807, 2.05) is 18.7 Å². The van der Waals surface area contributed by atoms with Gasteiger partial charge < -0.3 is 10.6 Å². The summed E-state index contributed by atoms with van der Waals surface area (Å²) in [5.74, 6) is 0.0569. The molecule has 6 nitrogen and oxygen atoms in total. The zero-order valence-electron chi connectivity index (χ0n) is 12.4. The molecule has 0 radical (unpaired) electrons. The summed E-state index contributed by atoms with van der Waals surface area (Å²) in [7, 11) is 0. The highest BCUT2D eigenvalue weighted by atomic mass is 16.6. The van der Waals surface area contributed by atoms with E-state index in [9.17, 15) is 14.9 Å². The third-order valence-electron chi connectivity index (χ3n) is 3.77. The Bertz CT molecular complexity index is 523. The topological polar surface area (TPSA) is 89.5 Å². The summed E-state index contributed by atoms with van der Waals surface area (Å²) in [6, 6.07) is 6.09. The summed E-state index contributed by atoms with van der Waals surface area (Å²) in [4.78, 5) is 24.5. The average Bonchev–Trinajstić information content (AvgIpc) is 3.28. The highest BCUT2D eigenvalue weighted by Gasteiger charge is 2.35. The first kappa shape index (κ1) is 15.4. The molecule has 0 aliphatic heterocycles. The number of amides is 1. The summed E-state index contributed by atoms with van der Waals surface area (Å²) in [6.45, 7) is 4.32. The molecule has 1 atom stereocenters. The molecule has 0 aromatic heterocycles. The summed E-state index contributed by atoms with van der Waals surface area (Å²) in [6.07, 6.45) is 2.01. The standard InChI is InChI=1S/C15H21N3O3/c1-10(2)14(16)15(19)17(12-7-8-12)9-11-3-5-13(6-4-11)18(20)21/h3-6,10,12,14H,7-9,16H2,1-2H3/t14-/m0/s1. The van der Waals surface area contributed by atoms with Gasteiger partial charge in [0.2, 0.25) is 5.91 Å². The molecule has 2 rings (SSSR count). The van der Waals surface area contributed by atoms with Gasteiger partial charge in [-0.2, -0.15) is 0 Å². The Hall–Kier alpha value is -1.95. The second-order valence-electron chi connectivity index (χ2n) is 5.89. The van der Waals surface area contributed by atoms with Crippen molar-refractivity contribution in [3.8, 4) is 0 Å². The van der Waals surface area contributed by atoms with E-state index in [1.54, 1.807) is 12.1 Å². The number of benzene rings is 1. The van der Waals surface area contributed by atoms with Gasteiger partial charge in [-0.3, -0.25) is 14.9 Å². The molecule has 114 valence electrons. The average molecular weight is 291 g/mol. The fraction of sp³-hybridized carbons (Fsp3) is 0.533. The molecule has 1 saturated carbocycles. The van der Waals surface area contributed by atoms with E-state index in [2.05, 4.69) is 0 Å². The quantitative estimate of drug-likeness (QED) is 0.641. The number of carbonyl (C=O) groups is 1. The highest BCUT2D eigenvalue weighted by molar-refractivity contribution is 5.82. The van der Waals surface area contributed by atoms with E-state index in [-0.39, 0.29) is 23.6 Å². The monoisotopic (exact) mass is 291 g/mol. The van der Waals surface area contributed by atoms with Crippen molar-refractivity contribution in [3.63, 3.8) is 0 Å². The van der Waals surface area contributed by atoms with E-state index in [1.165, 1.54) is 12.1 Å². The van der Waals surface area contributed by atoms with E-state index in [0.29, 0.717) is 6.54 Å². The first-order chi connectivity index (χ1) is 9.90. The summed E-state index contributed by atoms with van der Waals surface area (Å²) in [5.41, 5.74) is 6.91. The summed E-state index contributed by atoms with van der Waals surface area (Å²) >= 11 is 0. The third-order valence-corrected chi connectivity index (χ3v) is 3.77. The normalized spacial score (nSPS) is 15.8. The number of nitrogens with zero attached hydrogens (tertiary/aromatic N) is 2. The van der Waals surface area contributed by atoms with Crippen LogP contribution in [0.3, 0.4) is 0 Å². The lowest BCUT2D eigenvalue weighted by atomic mass is 10.0. The molecule has 1 fully saturated rings. The second-order valence-corrected chi connectivity index (χ2v) is 5.89. The van der Waals surface area contributed by atoms with Gasteiger partial charge in [0.25, 0.3) is 5.69 Å². The summed E-state index contributed by atoms with van der Waals surface area (Å²) in [5, 5.41) is 10.6. The van der Waals surface area contributed by atoms with Crippen LogP contribution < -0.4 is 5.73 Å². The van der Waals surface area contributed by atoms with Crippen LogP contribution in [0.5, 0.6) is 0 Å². The van der Waals surface area contributed by atoms with Crippen molar-refractivity contribution in [3.05, 3.63) is 39.9 Å². The largest absolute Gasteiger partial charge is 0.334 e. The van der Waals surface area contributed by atoms with Crippen molar-refractivity contribution in [1.29, 1.82) is 0 Å². The van der Waals surface area contributed by atoms with Gasteiger partial charge >= 0.3 is 0 Å². The third kappa shape index (κ3) is 3.78. The van der Waals surface area contributed by atoms with Crippen molar-refractivity contribution in [1.82, 2.24) is 4.90 Å². The lowest BCUT2D eigenvalue weighted by Crippen LogP contribution is -2.47. The Balaban J connectivity index is 2.09. The van der Waals surface area contributed by atoms with Gasteiger partial charge in [-0.1, -0.05) is 26.0 Å². The SMILES string of the molecule is CC(C)[C@H](N)C(=O)N(Cc1ccc([N+](=O)[O-])cc1)C1CC1. The molecule has 1 aromatic carbocycles. The zero-order chi connectivity index (χ0) is 15.6. The van der Waals surface area contributed by atoms with Crippen molar-refractivity contribution < 1.29 is 9.72 Å². The Morgan fingerprint density at radius 1 is 1.38 bits per heavy atom. The first-order valence-corrected chi connectivity index (χ1v) is 7.19. The van der Waals surface area contributed by atoms with Gasteiger partial charge in [0.1, 0.15) is 0 Å². The molecule has 2 N–H and O–H groups in total. The molecule has 21 heavy (non-hydrogen) atoms. The molecular weight excluding hydrogens is 270 g/mol. The molecular formula is C15H21N3O3. The number of nitro benzene ring substituents is 1. The maximum Gasteiger partial charge on any atom is 0.269 e. The van der Waals surface area contributed by atoms with Crippen molar-refractivity contribution in [2.24, 2.45) is 11.7 Å². The number of rotatable bonds is 6. The van der Waals surface area contributed by atoms with Crippen molar-refractivity contribution >= 4 is 11.6 Å². The molecule has 1 aliphatic rings. The lowest BCUT2D eigenvalue weighted by Gasteiger charge is -2.27. The van der Waals surface area contributed by atoms with Gasteiger partial charge in [-0.05, 0) is 24.3 Å². The number of hydrogen-bond donors (Lipinski definition) is 1. The molecule has 0 spiro atoms. The number of carbonyl (C=O) groups excluding carboxylic acids is 1. The Labute approximate surface area is 124 Å². The van der Waals surface area contributed by atoms with Gasteiger partial charge in [-0.25, -0.2) is 0 Å². The van der Waals surface area contributed by atoms with E-state index in [4.69, 9.17) is 5.73 Å². The first-order valence-electron chi connectivity index (χ1n) is 7.19. The zero-order valence-corrected chi connectivity index (χ0v) is 12.4. The molecule has 1 aromatic rings. The maximum atomic E-state index is 12.4.